The lowest BCUT2D eigenvalue weighted by molar-refractivity contribution is 0.102. The number of Topliss-reactive ketones (excluding diaryl/α,β-unsaturated/α-hetero) is 1. The van der Waals surface area contributed by atoms with Crippen LogP contribution in [0.4, 0.5) is 4.39 Å². The number of rotatable bonds is 5. The Labute approximate surface area is 127 Å². The molecule has 0 fully saturated rings. The van der Waals surface area contributed by atoms with E-state index in [4.69, 9.17) is 11.6 Å². The maximum Gasteiger partial charge on any atom is 0.177 e. The van der Waals surface area contributed by atoms with Crippen LogP contribution in [0.15, 0.2) is 48.5 Å². The van der Waals surface area contributed by atoms with Crippen LogP contribution < -0.4 is 0 Å². The largest absolute Gasteiger partial charge is 0.293 e. The minimum absolute atomic E-state index is 0.177. The van der Waals surface area contributed by atoms with Gasteiger partial charge in [0.25, 0.3) is 0 Å². The number of benzene rings is 2. The minimum atomic E-state index is -3.59. The van der Waals surface area contributed by atoms with Gasteiger partial charge in [-0.2, -0.15) is 0 Å². The highest BCUT2D eigenvalue weighted by Crippen LogP contribution is 2.13. The van der Waals surface area contributed by atoms with E-state index in [0.717, 1.165) is 12.1 Å². The third kappa shape index (κ3) is 4.65. The molecule has 0 N–H and O–H groups in total. The Kier molecular flexibility index (Phi) is 4.75. The summed E-state index contributed by atoms with van der Waals surface area (Å²) in [7, 11) is -3.59. The molecule has 0 aliphatic heterocycles. The van der Waals surface area contributed by atoms with E-state index in [1.807, 2.05) is 0 Å². The number of carbonyl (C=O) groups is 1. The summed E-state index contributed by atoms with van der Waals surface area (Å²) < 4.78 is 36.8. The normalized spacial score (nSPS) is 11.3. The molecule has 0 saturated carbocycles. The number of hydrogen-bond donors (Lipinski definition) is 0. The summed E-state index contributed by atoms with van der Waals surface area (Å²) in [5.74, 6) is -1.88. The van der Waals surface area contributed by atoms with Gasteiger partial charge in [-0.05, 0) is 42.0 Å². The highest BCUT2D eigenvalue weighted by atomic mass is 35.5. The number of hydrogen-bond acceptors (Lipinski definition) is 3. The Bertz CT molecular complexity index is 737. The van der Waals surface area contributed by atoms with Gasteiger partial charge in [0.05, 0.1) is 5.75 Å². The summed E-state index contributed by atoms with van der Waals surface area (Å²) in [6, 6.07) is 11.2. The molecule has 0 aromatic heterocycles. The first-order chi connectivity index (χ1) is 9.85. The van der Waals surface area contributed by atoms with Gasteiger partial charge in [-0.1, -0.05) is 23.7 Å². The Morgan fingerprint density at radius 1 is 1.00 bits per heavy atom. The predicted molar refractivity (Wildman–Crippen MR) is 79.7 cm³/mol. The van der Waals surface area contributed by atoms with Gasteiger partial charge in [-0.3, -0.25) is 4.79 Å². The monoisotopic (exact) mass is 326 g/mol. The number of halogens is 2. The number of sulfone groups is 1. The fourth-order valence-corrected chi connectivity index (χ4v) is 3.30. The van der Waals surface area contributed by atoms with E-state index in [9.17, 15) is 17.6 Å². The molecule has 0 spiro atoms. The molecule has 0 unspecified atom stereocenters. The smallest absolute Gasteiger partial charge is 0.177 e. The van der Waals surface area contributed by atoms with Crippen LogP contribution in [0.25, 0.3) is 0 Å². The lowest BCUT2D eigenvalue weighted by Gasteiger charge is -2.05. The van der Waals surface area contributed by atoms with Crippen molar-refractivity contribution in [2.45, 2.75) is 5.75 Å². The molecule has 2 rings (SSSR count). The van der Waals surface area contributed by atoms with Gasteiger partial charge < -0.3 is 0 Å². The molecule has 110 valence electrons. The second-order valence-electron chi connectivity index (χ2n) is 4.59. The Morgan fingerprint density at radius 3 is 2.14 bits per heavy atom. The van der Waals surface area contributed by atoms with E-state index in [0.29, 0.717) is 10.6 Å². The summed E-state index contributed by atoms with van der Waals surface area (Å²) in [6.07, 6.45) is 0. The summed E-state index contributed by atoms with van der Waals surface area (Å²) in [6.45, 7) is 0. The highest BCUT2D eigenvalue weighted by Gasteiger charge is 2.18. The van der Waals surface area contributed by atoms with Crippen molar-refractivity contribution in [3.05, 3.63) is 70.5 Å². The zero-order valence-electron chi connectivity index (χ0n) is 10.9. The van der Waals surface area contributed by atoms with Crippen LogP contribution in [0.2, 0.25) is 5.02 Å². The molecule has 0 saturated heterocycles. The summed E-state index contributed by atoms with van der Waals surface area (Å²) in [5.41, 5.74) is 0.738. The fourth-order valence-electron chi connectivity index (χ4n) is 1.80. The van der Waals surface area contributed by atoms with E-state index in [1.165, 1.54) is 12.1 Å². The lowest BCUT2D eigenvalue weighted by Crippen LogP contribution is -2.18. The maximum absolute atomic E-state index is 12.8. The van der Waals surface area contributed by atoms with E-state index in [-0.39, 0.29) is 11.3 Å². The van der Waals surface area contributed by atoms with E-state index < -0.39 is 27.2 Å². The van der Waals surface area contributed by atoms with Crippen LogP contribution in [0.3, 0.4) is 0 Å². The molecule has 6 heteroatoms. The quantitative estimate of drug-likeness (QED) is 0.792. The molecular weight excluding hydrogens is 315 g/mol. The first kappa shape index (κ1) is 15.7. The zero-order valence-corrected chi connectivity index (χ0v) is 12.5. The Morgan fingerprint density at radius 2 is 1.57 bits per heavy atom. The molecule has 0 heterocycles. The third-order valence-electron chi connectivity index (χ3n) is 2.82. The lowest BCUT2D eigenvalue weighted by atomic mass is 10.1. The standard InChI is InChI=1S/C15H12ClFO3S/c16-13-5-1-11(2-6-13)9-21(19,20)10-15(18)12-3-7-14(17)8-4-12/h1-8H,9-10H2. The predicted octanol–water partition coefficient (Wildman–Crippen LogP) is 3.28. The van der Waals surface area contributed by atoms with Crippen LogP contribution in [0.1, 0.15) is 15.9 Å². The molecule has 0 aliphatic carbocycles. The van der Waals surface area contributed by atoms with Crippen LogP contribution in [-0.4, -0.2) is 20.0 Å². The van der Waals surface area contributed by atoms with Crippen LogP contribution >= 0.6 is 11.6 Å². The topological polar surface area (TPSA) is 51.2 Å². The Hall–Kier alpha value is -1.72. The molecule has 0 radical (unpaired) electrons. The van der Waals surface area contributed by atoms with Crippen molar-refractivity contribution in [1.82, 2.24) is 0 Å². The van der Waals surface area contributed by atoms with Gasteiger partial charge >= 0.3 is 0 Å². The van der Waals surface area contributed by atoms with Crippen molar-refractivity contribution in [3.63, 3.8) is 0 Å². The maximum atomic E-state index is 12.8. The first-order valence-electron chi connectivity index (χ1n) is 6.09. The second-order valence-corrected chi connectivity index (χ2v) is 7.09. The Balaban J connectivity index is 2.08. The molecule has 21 heavy (non-hydrogen) atoms. The minimum Gasteiger partial charge on any atom is -0.293 e. The number of carbonyl (C=O) groups excluding carboxylic acids is 1. The van der Waals surface area contributed by atoms with Crippen LogP contribution in [-0.2, 0) is 15.6 Å². The zero-order chi connectivity index (χ0) is 15.5. The first-order valence-corrected chi connectivity index (χ1v) is 8.29. The van der Waals surface area contributed by atoms with Crippen LogP contribution in [0.5, 0.6) is 0 Å². The summed E-state index contributed by atoms with van der Waals surface area (Å²) in [4.78, 5) is 11.9. The van der Waals surface area contributed by atoms with Crippen molar-refractivity contribution in [1.29, 1.82) is 0 Å². The molecule has 0 atom stereocenters. The van der Waals surface area contributed by atoms with Crippen molar-refractivity contribution in [3.8, 4) is 0 Å². The second kappa shape index (κ2) is 6.37. The molecule has 0 amide bonds. The van der Waals surface area contributed by atoms with Crippen molar-refractivity contribution in [2.24, 2.45) is 0 Å². The van der Waals surface area contributed by atoms with Crippen LogP contribution in [0, 0.1) is 5.82 Å². The summed E-state index contributed by atoms with van der Waals surface area (Å²) >= 11 is 5.73. The van der Waals surface area contributed by atoms with Gasteiger partial charge in [0, 0.05) is 10.6 Å². The van der Waals surface area contributed by atoms with Crippen molar-refractivity contribution >= 4 is 27.2 Å². The molecule has 2 aromatic rings. The average Bonchev–Trinajstić information content (AvgIpc) is 2.41. The van der Waals surface area contributed by atoms with Crippen molar-refractivity contribution in [2.75, 3.05) is 5.75 Å². The highest BCUT2D eigenvalue weighted by molar-refractivity contribution is 7.91. The van der Waals surface area contributed by atoms with Crippen molar-refractivity contribution < 1.29 is 17.6 Å². The SMILES string of the molecule is O=C(CS(=O)(=O)Cc1ccc(Cl)cc1)c1ccc(F)cc1. The molecule has 3 nitrogen and oxygen atoms in total. The van der Waals surface area contributed by atoms with Gasteiger partial charge in [0.2, 0.25) is 0 Å². The van der Waals surface area contributed by atoms with Gasteiger partial charge in [-0.25, -0.2) is 12.8 Å². The van der Waals surface area contributed by atoms with E-state index in [1.54, 1.807) is 24.3 Å². The van der Waals surface area contributed by atoms with E-state index in [2.05, 4.69) is 0 Å². The molecule has 0 aliphatic rings. The molecule has 2 aromatic carbocycles. The number of ketones is 1. The van der Waals surface area contributed by atoms with Gasteiger partial charge in [0.1, 0.15) is 11.6 Å². The average molecular weight is 327 g/mol. The summed E-state index contributed by atoms with van der Waals surface area (Å²) in [5, 5.41) is 0.513. The molecular formula is C15H12ClFO3S. The fraction of sp³-hybridized carbons (Fsp3) is 0.133. The molecule has 0 bridgehead atoms. The third-order valence-corrected chi connectivity index (χ3v) is 4.54. The van der Waals surface area contributed by atoms with E-state index >= 15 is 0 Å². The van der Waals surface area contributed by atoms with Gasteiger partial charge in [-0.15, -0.1) is 0 Å². The van der Waals surface area contributed by atoms with Gasteiger partial charge in [0.15, 0.2) is 15.6 Å².